The number of anilines is 5. The third kappa shape index (κ3) is 5.80. The van der Waals surface area contributed by atoms with E-state index >= 15 is 0 Å². The quantitative estimate of drug-likeness (QED) is 0.176. The van der Waals surface area contributed by atoms with Gasteiger partial charge in [-0.25, -0.2) is 0 Å². The van der Waals surface area contributed by atoms with Crippen molar-refractivity contribution < 1.29 is 4.42 Å². The molecule has 1 radical (unpaired) electrons. The minimum Gasteiger partial charge on any atom is -0.455 e. The first-order chi connectivity index (χ1) is 30.5. The Bertz CT molecular complexity index is 3260. The number of para-hydroxylation sites is 3. The SMILES string of the molecule is CC1(C)CCC(C)(C)c2cc3c(cc21)N1c2cc4c(oc5ccccc54)c(-c4ccccc4Nc4cc(-c5ccccc5)cc(-c5ccccc5)c4)c2[B]c2cccc(c21)C3(C)C. The number of fused-ring (bicyclic) bond motifs is 8. The maximum absolute atomic E-state index is 7.02. The molecular formula is C59H50BN2O. The van der Waals surface area contributed by atoms with E-state index in [2.05, 4.69) is 223 Å². The van der Waals surface area contributed by atoms with E-state index in [1.165, 1.54) is 62.3 Å². The molecule has 0 spiro atoms. The van der Waals surface area contributed by atoms with Crippen LogP contribution >= 0.6 is 0 Å². The normalized spacial score (nSPS) is 16.1. The minimum atomic E-state index is -0.200. The van der Waals surface area contributed by atoms with Gasteiger partial charge in [0, 0.05) is 50.1 Å². The summed E-state index contributed by atoms with van der Waals surface area (Å²) in [4.78, 5) is 2.62. The fourth-order valence-corrected chi connectivity index (χ4v) is 11.1. The maximum Gasteiger partial charge on any atom is 0.198 e. The average Bonchev–Trinajstić information content (AvgIpc) is 3.67. The predicted molar refractivity (Wildman–Crippen MR) is 267 cm³/mol. The first-order valence-electron chi connectivity index (χ1n) is 22.5. The molecule has 1 aromatic heterocycles. The molecule has 3 aliphatic rings. The van der Waals surface area contributed by atoms with Gasteiger partial charge < -0.3 is 14.6 Å². The summed E-state index contributed by atoms with van der Waals surface area (Å²) in [5, 5.41) is 6.21. The Morgan fingerprint density at radius 2 is 1.16 bits per heavy atom. The number of hydrogen-bond acceptors (Lipinski definition) is 3. The molecule has 9 aromatic rings. The molecule has 0 unspecified atom stereocenters. The van der Waals surface area contributed by atoms with E-state index in [0.717, 1.165) is 67.5 Å². The van der Waals surface area contributed by atoms with Gasteiger partial charge in [0.2, 0.25) is 0 Å². The fourth-order valence-electron chi connectivity index (χ4n) is 11.1. The summed E-state index contributed by atoms with van der Waals surface area (Å²) in [7, 11) is 2.43. The molecule has 0 saturated carbocycles. The lowest BCUT2D eigenvalue weighted by molar-refractivity contribution is 0.331. The molecule has 305 valence electrons. The third-order valence-electron chi connectivity index (χ3n) is 14.7. The lowest BCUT2D eigenvalue weighted by atomic mass is 9.55. The Morgan fingerprint density at radius 1 is 0.524 bits per heavy atom. The first kappa shape index (κ1) is 37.9. The smallest absolute Gasteiger partial charge is 0.198 e. The van der Waals surface area contributed by atoms with Gasteiger partial charge in [-0.1, -0.05) is 168 Å². The van der Waals surface area contributed by atoms with E-state index < -0.39 is 0 Å². The molecule has 0 bridgehead atoms. The van der Waals surface area contributed by atoms with Crippen molar-refractivity contribution in [2.45, 2.75) is 70.6 Å². The topological polar surface area (TPSA) is 28.4 Å². The van der Waals surface area contributed by atoms with Crippen LogP contribution in [0.25, 0.3) is 55.3 Å². The zero-order chi connectivity index (χ0) is 42.8. The Hall–Kier alpha value is -6.78. The summed E-state index contributed by atoms with van der Waals surface area (Å²) in [6, 6.07) is 60.0. The van der Waals surface area contributed by atoms with Gasteiger partial charge in [-0.15, -0.1) is 0 Å². The molecule has 63 heavy (non-hydrogen) atoms. The molecule has 3 heterocycles. The van der Waals surface area contributed by atoms with Crippen LogP contribution in [0.3, 0.4) is 0 Å². The Kier molecular flexibility index (Phi) is 8.20. The van der Waals surface area contributed by atoms with Crippen molar-refractivity contribution in [1.29, 1.82) is 0 Å². The second kappa shape index (κ2) is 13.6. The third-order valence-corrected chi connectivity index (χ3v) is 14.7. The largest absolute Gasteiger partial charge is 0.455 e. The van der Waals surface area contributed by atoms with Crippen LogP contribution in [0.5, 0.6) is 0 Å². The van der Waals surface area contributed by atoms with Gasteiger partial charge in [0.1, 0.15) is 11.2 Å². The monoisotopic (exact) mass is 813 g/mol. The van der Waals surface area contributed by atoms with Crippen molar-refractivity contribution in [1.82, 2.24) is 0 Å². The van der Waals surface area contributed by atoms with Crippen molar-refractivity contribution in [3.05, 3.63) is 186 Å². The average molecular weight is 814 g/mol. The molecule has 1 N–H and O–H groups in total. The van der Waals surface area contributed by atoms with Crippen LogP contribution in [-0.2, 0) is 16.2 Å². The number of nitrogens with one attached hydrogen (secondary N) is 1. The molecule has 0 fully saturated rings. The van der Waals surface area contributed by atoms with E-state index in [4.69, 9.17) is 4.42 Å². The molecule has 1 aliphatic carbocycles. The summed E-state index contributed by atoms with van der Waals surface area (Å²) in [5.74, 6) is 0. The second-order valence-electron chi connectivity index (χ2n) is 19.9. The number of furan rings is 1. The standard InChI is InChI=1S/C59H50BN2O/c1-57(2)28-29-58(3,4)46-35-50-47(34-45(46)57)59(5,6)44-24-17-25-48-55(44)62(50)51-33-43-41-22-14-16-27-52(41)63-56(43)53(54(51)60-48)42-23-13-15-26-49(42)61-40-31-38(36-18-9-7-10-19-36)30-39(32-40)37-20-11-8-12-21-37/h7-27,30-35,61H,28-29H2,1-6H3. The van der Waals surface area contributed by atoms with Crippen LogP contribution in [0.15, 0.2) is 168 Å². The van der Waals surface area contributed by atoms with Gasteiger partial charge in [0.05, 0.1) is 5.69 Å². The highest BCUT2D eigenvalue weighted by molar-refractivity contribution is 6.74. The van der Waals surface area contributed by atoms with Crippen LogP contribution in [-0.4, -0.2) is 7.28 Å². The molecule has 3 nitrogen and oxygen atoms in total. The van der Waals surface area contributed by atoms with Crippen molar-refractivity contribution >= 4 is 68.6 Å². The van der Waals surface area contributed by atoms with Crippen molar-refractivity contribution in [2.75, 3.05) is 10.2 Å². The maximum atomic E-state index is 7.02. The zero-order valence-electron chi connectivity index (χ0n) is 36.9. The fraction of sp³-hybridized carbons (Fsp3) is 0.186. The van der Waals surface area contributed by atoms with Crippen molar-refractivity contribution in [3.8, 4) is 33.4 Å². The predicted octanol–water partition coefficient (Wildman–Crippen LogP) is 14.8. The lowest BCUT2D eigenvalue weighted by Gasteiger charge is -2.49. The zero-order valence-corrected chi connectivity index (χ0v) is 36.9. The Morgan fingerprint density at radius 3 is 1.87 bits per heavy atom. The van der Waals surface area contributed by atoms with Crippen LogP contribution in [0.4, 0.5) is 28.4 Å². The lowest BCUT2D eigenvalue weighted by Crippen LogP contribution is -2.46. The Balaban J connectivity index is 1.11. The van der Waals surface area contributed by atoms with Gasteiger partial charge in [-0.3, -0.25) is 0 Å². The highest BCUT2D eigenvalue weighted by atomic mass is 16.3. The van der Waals surface area contributed by atoms with Crippen LogP contribution in [0.2, 0.25) is 0 Å². The number of rotatable bonds is 5. The summed E-state index contributed by atoms with van der Waals surface area (Å²) in [6.07, 6.45) is 2.35. The molecule has 0 saturated heterocycles. The van der Waals surface area contributed by atoms with Gasteiger partial charge in [-0.2, -0.15) is 0 Å². The molecule has 12 rings (SSSR count). The van der Waals surface area contributed by atoms with E-state index in [1.807, 2.05) is 0 Å². The van der Waals surface area contributed by atoms with Crippen LogP contribution in [0, 0.1) is 0 Å². The van der Waals surface area contributed by atoms with E-state index in [-0.39, 0.29) is 16.2 Å². The van der Waals surface area contributed by atoms with Gasteiger partial charge in [0.15, 0.2) is 7.28 Å². The highest BCUT2D eigenvalue weighted by Gasteiger charge is 2.45. The van der Waals surface area contributed by atoms with E-state index in [9.17, 15) is 0 Å². The van der Waals surface area contributed by atoms with Crippen molar-refractivity contribution in [3.63, 3.8) is 0 Å². The van der Waals surface area contributed by atoms with Crippen LogP contribution in [0.1, 0.15) is 76.6 Å². The van der Waals surface area contributed by atoms with Gasteiger partial charge >= 0.3 is 0 Å². The minimum absolute atomic E-state index is 0.0627. The molecule has 4 heteroatoms. The number of benzene rings is 8. The van der Waals surface area contributed by atoms with Gasteiger partial charge in [0.25, 0.3) is 0 Å². The first-order valence-corrected chi connectivity index (χ1v) is 22.5. The van der Waals surface area contributed by atoms with Crippen molar-refractivity contribution in [2.24, 2.45) is 0 Å². The van der Waals surface area contributed by atoms with E-state index in [1.54, 1.807) is 0 Å². The highest BCUT2D eigenvalue weighted by Crippen LogP contribution is 2.57. The second-order valence-corrected chi connectivity index (χ2v) is 19.9. The molecule has 2 aliphatic heterocycles. The molecule has 8 aromatic carbocycles. The summed E-state index contributed by atoms with van der Waals surface area (Å²) < 4.78 is 7.02. The Labute approximate surface area is 371 Å². The number of hydrogen-bond donors (Lipinski definition) is 1. The molecular weight excluding hydrogens is 763 g/mol. The summed E-state index contributed by atoms with van der Waals surface area (Å²) in [6.45, 7) is 14.6. The summed E-state index contributed by atoms with van der Waals surface area (Å²) in [5.41, 5.74) is 22.5. The molecule has 0 amide bonds. The molecule has 0 atom stereocenters. The van der Waals surface area contributed by atoms with Crippen LogP contribution < -0.4 is 21.1 Å². The number of nitrogens with zero attached hydrogens (tertiary/aromatic N) is 1. The summed E-state index contributed by atoms with van der Waals surface area (Å²) >= 11 is 0. The van der Waals surface area contributed by atoms with Gasteiger partial charge in [-0.05, 0) is 116 Å². The van der Waals surface area contributed by atoms with E-state index in [0.29, 0.717) is 0 Å².